The molecule has 0 unspecified atom stereocenters. The molecule has 0 spiro atoms. The highest BCUT2D eigenvalue weighted by atomic mass is 32.1. The summed E-state index contributed by atoms with van der Waals surface area (Å²) in [7, 11) is 2.84. The summed E-state index contributed by atoms with van der Waals surface area (Å²) < 4.78 is 4.79. The van der Waals surface area contributed by atoms with Crippen molar-refractivity contribution >= 4 is 33.9 Å². The van der Waals surface area contributed by atoms with Gasteiger partial charge in [0.15, 0.2) is 0 Å². The summed E-state index contributed by atoms with van der Waals surface area (Å²) in [5, 5.41) is 6.53. The van der Waals surface area contributed by atoms with Gasteiger partial charge in [-0.3, -0.25) is 4.79 Å². The highest BCUT2D eigenvalue weighted by Crippen LogP contribution is 2.37. The Morgan fingerprint density at radius 1 is 1.29 bits per heavy atom. The highest BCUT2D eigenvalue weighted by Gasteiger charge is 2.27. The van der Waals surface area contributed by atoms with Crippen LogP contribution in [0.3, 0.4) is 0 Å². The molecule has 6 nitrogen and oxygen atoms in total. The molecule has 2 rings (SSSR count). The second-order valence-corrected chi connectivity index (χ2v) is 6.12. The molecule has 1 aromatic heterocycles. The number of amides is 1. The molecule has 0 radical (unpaired) electrons. The van der Waals surface area contributed by atoms with Crippen LogP contribution in [0.15, 0.2) is 0 Å². The molecule has 21 heavy (non-hydrogen) atoms. The minimum Gasteiger partial charge on any atom is -0.465 e. The van der Waals surface area contributed by atoms with Gasteiger partial charge in [0.25, 0.3) is 5.91 Å². The predicted octanol–water partition coefficient (Wildman–Crippen LogP) is 2.22. The average molecular weight is 311 g/mol. The molecule has 116 valence electrons. The van der Waals surface area contributed by atoms with Gasteiger partial charge in [0.1, 0.15) is 15.4 Å². The number of anilines is 2. The third-order valence-corrected chi connectivity index (χ3v) is 4.84. The van der Waals surface area contributed by atoms with Crippen LogP contribution in [-0.4, -0.2) is 32.1 Å². The van der Waals surface area contributed by atoms with E-state index in [1.165, 1.54) is 44.8 Å². The lowest BCUT2D eigenvalue weighted by atomic mass is 9.95. The molecule has 4 N–H and O–H groups in total. The van der Waals surface area contributed by atoms with E-state index in [9.17, 15) is 9.59 Å². The molecule has 0 atom stereocenters. The molecule has 1 amide bonds. The van der Waals surface area contributed by atoms with E-state index in [0.29, 0.717) is 15.9 Å². The van der Waals surface area contributed by atoms with Crippen molar-refractivity contribution < 1.29 is 14.3 Å². The van der Waals surface area contributed by atoms with Crippen molar-refractivity contribution in [2.24, 2.45) is 0 Å². The molecule has 1 aromatic rings. The van der Waals surface area contributed by atoms with Gasteiger partial charge in [-0.15, -0.1) is 11.3 Å². The van der Waals surface area contributed by atoms with Crippen molar-refractivity contribution in [2.45, 2.75) is 38.1 Å². The summed E-state index contributed by atoms with van der Waals surface area (Å²) in [5.74, 6) is -0.809. The van der Waals surface area contributed by atoms with Gasteiger partial charge in [-0.25, -0.2) is 4.79 Å². The summed E-state index contributed by atoms with van der Waals surface area (Å²) in [6.45, 7) is 0. The molecule has 1 aliphatic carbocycles. The number of thiophene rings is 1. The summed E-state index contributed by atoms with van der Waals surface area (Å²) in [4.78, 5) is 24.1. The molecular weight excluding hydrogens is 290 g/mol. The third-order valence-electron chi connectivity index (χ3n) is 3.71. The SMILES string of the molecule is CNC(=O)c1sc(NC2CCCCC2)c(C(=O)OC)c1N. The molecule has 1 aliphatic rings. The van der Waals surface area contributed by atoms with Gasteiger partial charge in [-0.2, -0.15) is 0 Å². The van der Waals surface area contributed by atoms with Crippen molar-refractivity contribution in [2.75, 3.05) is 25.2 Å². The van der Waals surface area contributed by atoms with Gasteiger partial charge in [-0.1, -0.05) is 19.3 Å². The monoisotopic (exact) mass is 311 g/mol. The van der Waals surface area contributed by atoms with Crippen LogP contribution in [0.5, 0.6) is 0 Å². The lowest BCUT2D eigenvalue weighted by Crippen LogP contribution is -2.23. The third kappa shape index (κ3) is 3.29. The molecule has 0 saturated heterocycles. The fourth-order valence-electron chi connectivity index (χ4n) is 2.56. The maximum absolute atomic E-state index is 12.0. The van der Waals surface area contributed by atoms with E-state index in [4.69, 9.17) is 10.5 Å². The predicted molar refractivity (Wildman–Crippen MR) is 84.0 cm³/mol. The number of nitrogen functional groups attached to an aromatic ring is 1. The van der Waals surface area contributed by atoms with Crippen LogP contribution in [0.4, 0.5) is 10.7 Å². The first kappa shape index (κ1) is 15.6. The van der Waals surface area contributed by atoms with Crippen LogP contribution in [0.1, 0.15) is 52.1 Å². The average Bonchev–Trinajstić information content (AvgIpc) is 2.83. The van der Waals surface area contributed by atoms with E-state index in [-0.39, 0.29) is 17.2 Å². The molecule has 7 heteroatoms. The van der Waals surface area contributed by atoms with Crippen LogP contribution < -0.4 is 16.4 Å². The number of ether oxygens (including phenoxy) is 1. The number of rotatable bonds is 4. The fourth-order valence-corrected chi connectivity index (χ4v) is 3.70. The second kappa shape index (κ2) is 6.80. The quantitative estimate of drug-likeness (QED) is 0.741. The highest BCUT2D eigenvalue weighted by molar-refractivity contribution is 7.19. The number of esters is 1. The number of hydrogen-bond acceptors (Lipinski definition) is 6. The molecular formula is C14H21N3O3S. The molecule has 0 bridgehead atoms. The van der Waals surface area contributed by atoms with Gasteiger partial charge in [0.2, 0.25) is 0 Å². The summed E-state index contributed by atoms with van der Waals surface area (Å²) >= 11 is 1.21. The van der Waals surface area contributed by atoms with Crippen LogP contribution >= 0.6 is 11.3 Å². The van der Waals surface area contributed by atoms with Crippen LogP contribution in [0, 0.1) is 0 Å². The van der Waals surface area contributed by atoms with E-state index >= 15 is 0 Å². The van der Waals surface area contributed by atoms with Crippen LogP contribution in [0.2, 0.25) is 0 Å². The Morgan fingerprint density at radius 3 is 2.52 bits per heavy atom. The first-order valence-electron chi connectivity index (χ1n) is 7.07. The minimum atomic E-state index is -0.516. The van der Waals surface area contributed by atoms with Gasteiger partial charge in [0, 0.05) is 13.1 Å². The summed E-state index contributed by atoms with van der Waals surface area (Å²) in [6, 6.07) is 0.317. The van der Waals surface area contributed by atoms with E-state index in [2.05, 4.69) is 10.6 Å². The number of methoxy groups -OCH3 is 1. The molecule has 1 saturated carbocycles. The number of nitrogens with two attached hydrogens (primary N) is 1. The van der Waals surface area contributed by atoms with Crippen molar-refractivity contribution in [3.8, 4) is 0 Å². The van der Waals surface area contributed by atoms with Gasteiger partial charge >= 0.3 is 5.97 Å². The lowest BCUT2D eigenvalue weighted by molar-refractivity contribution is 0.0603. The van der Waals surface area contributed by atoms with Crippen molar-refractivity contribution in [1.29, 1.82) is 0 Å². The zero-order valence-electron chi connectivity index (χ0n) is 12.3. The number of hydrogen-bond donors (Lipinski definition) is 3. The van der Waals surface area contributed by atoms with Gasteiger partial charge in [-0.05, 0) is 12.8 Å². The standard InChI is InChI=1S/C14H21N3O3S/c1-16-12(18)11-10(15)9(14(19)20-2)13(21-11)17-8-6-4-3-5-7-8/h8,17H,3-7,15H2,1-2H3,(H,16,18). The topological polar surface area (TPSA) is 93.5 Å². The number of carbonyl (C=O) groups excluding carboxylic acids is 2. The second-order valence-electron chi connectivity index (χ2n) is 5.10. The molecule has 1 fully saturated rings. The normalized spacial score (nSPS) is 15.5. The lowest BCUT2D eigenvalue weighted by Gasteiger charge is -2.23. The zero-order chi connectivity index (χ0) is 15.4. The van der Waals surface area contributed by atoms with Crippen LogP contribution in [0.25, 0.3) is 0 Å². The number of nitrogens with one attached hydrogen (secondary N) is 2. The van der Waals surface area contributed by atoms with Crippen molar-refractivity contribution in [1.82, 2.24) is 5.32 Å². The Labute approximate surface area is 128 Å². The van der Waals surface area contributed by atoms with Gasteiger partial charge in [0.05, 0.1) is 12.8 Å². The fraction of sp³-hybridized carbons (Fsp3) is 0.571. The van der Waals surface area contributed by atoms with E-state index in [1.54, 1.807) is 0 Å². The first-order chi connectivity index (χ1) is 10.1. The summed E-state index contributed by atoms with van der Waals surface area (Å²) in [5.41, 5.74) is 6.43. The Hall–Kier alpha value is -1.76. The molecule has 0 aliphatic heterocycles. The van der Waals surface area contributed by atoms with E-state index in [0.717, 1.165) is 12.8 Å². The molecule has 1 heterocycles. The van der Waals surface area contributed by atoms with Crippen molar-refractivity contribution in [3.63, 3.8) is 0 Å². The summed E-state index contributed by atoms with van der Waals surface area (Å²) in [6.07, 6.45) is 5.72. The molecule has 0 aromatic carbocycles. The minimum absolute atomic E-state index is 0.185. The zero-order valence-corrected chi connectivity index (χ0v) is 13.1. The van der Waals surface area contributed by atoms with Crippen LogP contribution in [-0.2, 0) is 4.74 Å². The Bertz CT molecular complexity index is 536. The Morgan fingerprint density at radius 2 is 1.95 bits per heavy atom. The number of carbonyl (C=O) groups is 2. The van der Waals surface area contributed by atoms with Gasteiger partial charge < -0.3 is 21.1 Å². The smallest absolute Gasteiger partial charge is 0.343 e. The van der Waals surface area contributed by atoms with Crippen molar-refractivity contribution in [3.05, 3.63) is 10.4 Å². The Balaban J connectivity index is 2.33. The first-order valence-corrected chi connectivity index (χ1v) is 7.89. The largest absolute Gasteiger partial charge is 0.465 e. The maximum atomic E-state index is 12.0. The Kier molecular flexibility index (Phi) is 5.06. The maximum Gasteiger partial charge on any atom is 0.343 e. The van der Waals surface area contributed by atoms with E-state index < -0.39 is 5.97 Å². The van der Waals surface area contributed by atoms with E-state index in [1.807, 2.05) is 0 Å².